The highest BCUT2D eigenvalue weighted by molar-refractivity contribution is 6.31. The molecule has 0 aliphatic heterocycles. The molecule has 0 heterocycles. The summed E-state index contributed by atoms with van der Waals surface area (Å²) in [6.45, 7) is 1.68. The van der Waals surface area contributed by atoms with Crippen LogP contribution in [0.2, 0.25) is 5.02 Å². The number of nitrogens with one attached hydrogen (secondary N) is 2. The minimum atomic E-state index is -0.593. The number of hydrogen-bond acceptors (Lipinski definition) is 4. The molecule has 2 aromatic rings. The minimum absolute atomic E-state index is 0.00989. The third-order valence-corrected chi connectivity index (χ3v) is 4.26. The van der Waals surface area contributed by atoms with E-state index in [1.165, 1.54) is 18.2 Å². The number of likely N-dealkylation sites (N-methyl/N-ethyl adjacent to an activating group) is 1. The van der Waals surface area contributed by atoms with Crippen LogP contribution in [0.4, 0.5) is 15.8 Å². The van der Waals surface area contributed by atoms with Gasteiger partial charge in [-0.2, -0.15) is 0 Å². The number of nitrogens with zero attached hydrogens (tertiary/aromatic N) is 1. The van der Waals surface area contributed by atoms with Gasteiger partial charge in [-0.1, -0.05) is 17.7 Å². The molecule has 2 N–H and O–H groups in total. The van der Waals surface area contributed by atoms with Gasteiger partial charge in [0, 0.05) is 17.4 Å². The first-order valence-electron chi connectivity index (χ1n) is 8.20. The molecule has 2 aromatic carbocycles. The van der Waals surface area contributed by atoms with E-state index in [1.807, 2.05) is 0 Å². The fourth-order valence-corrected chi connectivity index (χ4v) is 2.47. The Balaban J connectivity index is 1.91. The van der Waals surface area contributed by atoms with E-state index in [9.17, 15) is 14.0 Å². The van der Waals surface area contributed by atoms with Gasteiger partial charge in [-0.05, 0) is 44.3 Å². The van der Waals surface area contributed by atoms with E-state index in [1.54, 1.807) is 50.2 Å². The van der Waals surface area contributed by atoms with Crippen molar-refractivity contribution in [3.63, 3.8) is 0 Å². The van der Waals surface area contributed by atoms with Crippen LogP contribution >= 0.6 is 11.6 Å². The summed E-state index contributed by atoms with van der Waals surface area (Å²) >= 11 is 5.71. The zero-order chi connectivity index (χ0) is 20.0. The summed E-state index contributed by atoms with van der Waals surface area (Å²) in [5.41, 5.74) is 0.985. The Labute approximate surface area is 162 Å². The van der Waals surface area contributed by atoms with Crippen LogP contribution in [0.5, 0.6) is 5.75 Å². The molecule has 2 rings (SSSR count). The lowest BCUT2D eigenvalue weighted by molar-refractivity contribution is -0.122. The second-order valence-electron chi connectivity index (χ2n) is 5.99. The van der Waals surface area contributed by atoms with Gasteiger partial charge < -0.3 is 15.4 Å². The molecule has 2 amide bonds. The predicted octanol–water partition coefficient (Wildman–Crippen LogP) is 3.39. The van der Waals surface area contributed by atoms with Gasteiger partial charge in [0.15, 0.2) is 0 Å². The van der Waals surface area contributed by atoms with Crippen LogP contribution in [-0.2, 0) is 9.59 Å². The Morgan fingerprint density at radius 3 is 2.56 bits per heavy atom. The first-order valence-corrected chi connectivity index (χ1v) is 8.58. The monoisotopic (exact) mass is 393 g/mol. The van der Waals surface area contributed by atoms with Crippen molar-refractivity contribution in [3.8, 4) is 5.75 Å². The third-order valence-electron chi connectivity index (χ3n) is 3.97. The highest BCUT2D eigenvalue weighted by Gasteiger charge is 2.20. The van der Waals surface area contributed by atoms with Gasteiger partial charge in [-0.3, -0.25) is 14.5 Å². The number of methoxy groups -OCH3 is 1. The van der Waals surface area contributed by atoms with Gasteiger partial charge in [0.2, 0.25) is 11.8 Å². The number of anilines is 2. The van der Waals surface area contributed by atoms with Gasteiger partial charge in [0.05, 0.1) is 24.7 Å². The standard InChI is InChI=1S/C19H21ClFN3O3/c1-12(19(26)23-14-7-8-17(21)16(20)10-14)24(2)11-18(25)22-13-5-4-6-15(9-13)27-3/h4-10,12H,11H2,1-3H3,(H,22,25)(H,23,26). The van der Waals surface area contributed by atoms with Crippen molar-refractivity contribution in [3.05, 3.63) is 53.3 Å². The van der Waals surface area contributed by atoms with Crippen molar-refractivity contribution in [1.29, 1.82) is 0 Å². The molecule has 144 valence electrons. The van der Waals surface area contributed by atoms with Gasteiger partial charge in [0.25, 0.3) is 0 Å². The Morgan fingerprint density at radius 2 is 1.89 bits per heavy atom. The highest BCUT2D eigenvalue weighted by atomic mass is 35.5. The highest BCUT2D eigenvalue weighted by Crippen LogP contribution is 2.20. The van der Waals surface area contributed by atoms with E-state index < -0.39 is 11.9 Å². The maximum atomic E-state index is 13.2. The van der Waals surface area contributed by atoms with Crippen molar-refractivity contribution in [1.82, 2.24) is 4.90 Å². The first-order chi connectivity index (χ1) is 12.8. The normalized spacial score (nSPS) is 11.8. The fourth-order valence-electron chi connectivity index (χ4n) is 2.29. The molecule has 0 radical (unpaired) electrons. The minimum Gasteiger partial charge on any atom is -0.497 e. The molecule has 0 fully saturated rings. The lowest BCUT2D eigenvalue weighted by Gasteiger charge is -2.23. The van der Waals surface area contributed by atoms with Gasteiger partial charge >= 0.3 is 0 Å². The number of carbonyl (C=O) groups excluding carboxylic acids is 2. The van der Waals surface area contributed by atoms with E-state index in [-0.39, 0.29) is 23.4 Å². The van der Waals surface area contributed by atoms with E-state index >= 15 is 0 Å². The van der Waals surface area contributed by atoms with E-state index in [2.05, 4.69) is 10.6 Å². The summed E-state index contributed by atoms with van der Waals surface area (Å²) in [5.74, 6) is -0.537. The average Bonchev–Trinajstić information content (AvgIpc) is 2.64. The van der Waals surface area contributed by atoms with E-state index in [0.717, 1.165) is 0 Å². The van der Waals surface area contributed by atoms with Gasteiger partial charge in [-0.15, -0.1) is 0 Å². The molecule has 0 aromatic heterocycles. The maximum absolute atomic E-state index is 13.2. The third kappa shape index (κ3) is 5.94. The number of carbonyl (C=O) groups is 2. The van der Waals surface area contributed by atoms with Gasteiger partial charge in [-0.25, -0.2) is 4.39 Å². The Hall–Kier alpha value is -2.64. The van der Waals surface area contributed by atoms with Crippen molar-refractivity contribution < 1.29 is 18.7 Å². The molecule has 0 bridgehead atoms. The van der Waals surface area contributed by atoms with Crippen molar-refractivity contribution in [2.45, 2.75) is 13.0 Å². The number of amides is 2. The van der Waals surface area contributed by atoms with Crippen LogP contribution in [0, 0.1) is 5.82 Å². The average molecular weight is 394 g/mol. The molecular formula is C19H21ClFN3O3. The molecule has 0 aliphatic carbocycles. The zero-order valence-electron chi connectivity index (χ0n) is 15.3. The number of ether oxygens (including phenoxy) is 1. The summed E-state index contributed by atoms with van der Waals surface area (Å²) in [7, 11) is 3.20. The Kier molecular flexibility index (Phi) is 7.15. The second-order valence-corrected chi connectivity index (χ2v) is 6.40. The summed E-state index contributed by atoms with van der Waals surface area (Å²) in [6.07, 6.45) is 0. The Bertz CT molecular complexity index is 832. The van der Waals surface area contributed by atoms with Crippen molar-refractivity contribution >= 4 is 34.8 Å². The van der Waals surface area contributed by atoms with Crippen LogP contribution in [-0.4, -0.2) is 43.5 Å². The number of rotatable bonds is 7. The Morgan fingerprint density at radius 1 is 1.19 bits per heavy atom. The smallest absolute Gasteiger partial charge is 0.241 e. The molecule has 6 nitrogen and oxygen atoms in total. The lowest BCUT2D eigenvalue weighted by Crippen LogP contribution is -2.43. The number of halogens is 2. The molecule has 27 heavy (non-hydrogen) atoms. The molecule has 1 unspecified atom stereocenters. The second kappa shape index (κ2) is 9.34. The molecule has 0 saturated carbocycles. The lowest BCUT2D eigenvalue weighted by atomic mass is 10.2. The summed E-state index contributed by atoms with van der Waals surface area (Å²) in [6, 6.07) is 10.3. The van der Waals surface area contributed by atoms with Crippen molar-refractivity contribution in [2.75, 3.05) is 31.3 Å². The molecule has 0 aliphatic rings. The summed E-state index contributed by atoms with van der Waals surface area (Å²) in [5, 5.41) is 5.32. The molecular weight excluding hydrogens is 373 g/mol. The van der Waals surface area contributed by atoms with Crippen LogP contribution in [0.1, 0.15) is 6.92 Å². The molecule has 0 saturated heterocycles. The molecule has 1 atom stereocenters. The van der Waals surface area contributed by atoms with Crippen LogP contribution < -0.4 is 15.4 Å². The summed E-state index contributed by atoms with van der Waals surface area (Å²) < 4.78 is 18.3. The largest absolute Gasteiger partial charge is 0.497 e. The zero-order valence-corrected chi connectivity index (χ0v) is 16.0. The molecule has 8 heteroatoms. The summed E-state index contributed by atoms with van der Waals surface area (Å²) in [4.78, 5) is 26.1. The van der Waals surface area contributed by atoms with Crippen molar-refractivity contribution in [2.24, 2.45) is 0 Å². The predicted molar refractivity (Wildman–Crippen MR) is 104 cm³/mol. The van der Waals surface area contributed by atoms with E-state index in [4.69, 9.17) is 16.3 Å². The maximum Gasteiger partial charge on any atom is 0.241 e. The first kappa shape index (κ1) is 20.7. The van der Waals surface area contributed by atoms with Crippen LogP contribution in [0.25, 0.3) is 0 Å². The van der Waals surface area contributed by atoms with Crippen LogP contribution in [0.3, 0.4) is 0 Å². The van der Waals surface area contributed by atoms with E-state index in [0.29, 0.717) is 17.1 Å². The molecule has 0 spiro atoms. The topological polar surface area (TPSA) is 70.7 Å². The SMILES string of the molecule is COc1cccc(NC(=O)CN(C)C(C)C(=O)Nc2ccc(F)c(Cl)c2)c1. The van der Waals surface area contributed by atoms with Gasteiger partial charge in [0.1, 0.15) is 11.6 Å². The van der Waals surface area contributed by atoms with Crippen LogP contribution in [0.15, 0.2) is 42.5 Å². The fraction of sp³-hybridized carbons (Fsp3) is 0.263. The number of benzene rings is 2. The number of hydrogen-bond donors (Lipinski definition) is 2. The quantitative estimate of drug-likeness (QED) is 0.756.